The average Bonchev–Trinajstić information content (AvgIpc) is 2.85. The van der Waals surface area contributed by atoms with E-state index in [0.717, 1.165) is 11.6 Å². The molecule has 17 heavy (non-hydrogen) atoms. The summed E-state index contributed by atoms with van der Waals surface area (Å²) in [6.45, 7) is -0.396. The topological polar surface area (TPSA) is 70.7 Å². The van der Waals surface area contributed by atoms with Crippen LogP contribution in [0.15, 0.2) is 32.1 Å². The van der Waals surface area contributed by atoms with Gasteiger partial charge >= 0.3 is 0 Å². The zero-order chi connectivity index (χ0) is 12.4. The monoisotopic (exact) mass is 270 g/mol. The normalized spacial score (nSPS) is 12.6. The molecule has 6 heteroatoms. The van der Waals surface area contributed by atoms with Crippen molar-refractivity contribution in [1.82, 2.24) is 0 Å². The highest BCUT2D eigenvalue weighted by atomic mass is 32.1. The van der Waals surface area contributed by atoms with E-state index in [1.807, 2.05) is 16.8 Å². The Hall–Kier alpha value is -1.24. The van der Waals surface area contributed by atoms with E-state index in [1.54, 1.807) is 0 Å². The first-order valence-corrected chi connectivity index (χ1v) is 6.26. The lowest BCUT2D eigenvalue weighted by molar-refractivity contribution is 0.236. The van der Waals surface area contributed by atoms with E-state index in [1.165, 1.54) is 11.3 Å². The van der Waals surface area contributed by atoms with Crippen LogP contribution in [0.4, 0.5) is 0 Å². The third-order valence-corrected chi connectivity index (χ3v) is 3.50. The molecule has 0 bridgehead atoms. The van der Waals surface area contributed by atoms with Crippen LogP contribution in [-0.4, -0.2) is 10.2 Å². The highest BCUT2D eigenvalue weighted by molar-refractivity contribution is 7.80. The third-order valence-electron chi connectivity index (χ3n) is 2.26. The van der Waals surface area contributed by atoms with Crippen molar-refractivity contribution < 1.29 is 14.6 Å². The number of thiol groups is 1. The molecule has 2 N–H and O–H groups in total. The van der Waals surface area contributed by atoms with E-state index in [0.29, 0.717) is 0 Å². The van der Waals surface area contributed by atoms with Crippen molar-refractivity contribution in [3.05, 3.63) is 50.2 Å². The molecule has 2 aromatic rings. The Balaban J connectivity index is 2.51. The fourth-order valence-electron chi connectivity index (χ4n) is 1.40. The van der Waals surface area contributed by atoms with Crippen molar-refractivity contribution in [2.45, 2.75) is 11.9 Å². The second-order valence-electron chi connectivity index (χ2n) is 3.41. The molecule has 2 aromatic heterocycles. The first kappa shape index (κ1) is 12.2. The number of rotatable bonds is 3. The van der Waals surface area contributed by atoms with Gasteiger partial charge in [0.2, 0.25) is 11.2 Å². The molecule has 0 aliphatic heterocycles. The largest absolute Gasteiger partial charge is 0.502 e. The van der Waals surface area contributed by atoms with Gasteiger partial charge in [-0.1, -0.05) is 0 Å². The maximum atomic E-state index is 11.4. The predicted octanol–water partition coefficient (Wildman–Crippen LogP) is 1.92. The number of aliphatic hydroxyl groups is 1. The Morgan fingerprint density at radius 2 is 2.29 bits per heavy atom. The minimum absolute atomic E-state index is 0.0586. The predicted molar refractivity (Wildman–Crippen MR) is 67.7 cm³/mol. The molecular formula is C11H10O4S2. The summed E-state index contributed by atoms with van der Waals surface area (Å²) >= 11 is 5.79. The molecule has 0 saturated carbocycles. The van der Waals surface area contributed by atoms with Crippen LogP contribution in [0, 0.1) is 0 Å². The van der Waals surface area contributed by atoms with E-state index < -0.39 is 23.0 Å². The molecule has 0 radical (unpaired) electrons. The van der Waals surface area contributed by atoms with E-state index in [2.05, 4.69) is 12.6 Å². The lowest BCUT2D eigenvalue weighted by Gasteiger charge is -2.10. The van der Waals surface area contributed by atoms with Crippen LogP contribution in [-0.2, 0) is 6.61 Å². The smallest absolute Gasteiger partial charge is 0.227 e. The molecule has 0 aliphatic rings. The molecule has 0 aliphatic carbocycles. The lowest BCUT2D eigenvalue weighted by Crippen LogP contribution is -2.06. The Kier molecular flexibility index (Phi) is 3.56. The first-order chi connectivity index (χ1) is 8.13. The minimum Gasteiger partial charge on any atom is -0.502 e. The van der Waals surface area contributed by atoms with Gasteiger partial charge < -0.3 is 14.6 Å². The van der Waals surface area contributed by atoms with Gasteiger partial charge in [0.1, 0.15) is 12.4 Å². The van der Waals surface area contributed by atoms with Crippen molar-refractivity contribution >= 4 is 24.0 Å². The fraction of sp³-hybridized carbons (Fsp3) is 0.182. The summed E-state index contributed by atoms with van der Waals surface area (Å²) in [6.07, 6.45) is 0. The van der Waals surface area contributed by atoms with E-state index in [-0.39, 0.29) is 11.5 Å². The van der Waals surface area contributed by atoms with Gasteiger partial charge in [-0.2, -0.15) is 24.0 Å². The molecule has 2 rings (SSSR count). The molecule has 4 nitrogen and oxygen atoms in total. The van der Waals surface area contributed by atoms with Crippen molar-refractivity contribution in [2.24, 2.45) is 0 Å². The number of aromatic hydroxyl groups is 1. The minimum atomic E-state index is -0.579. The summed E-state index contributed by atoms with van der Waals surface area (Å²) in [6, 6.07) is 2.89. The summed E-state index contributed by atoms with van der Waals surface area (Å²) in [5, 5.41) is 21.8. The van der Waals surface area contributed by atoms with Crippen LogP contribution in [0.2, 0.25) is 0 Å². The molecule has 0 aromatic carbocycles. The standard InChI is InChI=1S/C11H10O4S2/c12-4-7-3-8(13)9(14)10(15-7)11(16)6-1-2-17-5-6/h1-3,5,11-12,14,16H,4H2/t11-/m1/s1. The van der Waals surface area contributed by atoms with E-state index in [9.17, 15) is 9.90 Å². The second kappa shape index (κ2) is 4.95. The van der Waals surface area contributed by atoms with E-state index >= 15 is 0 Å². The zero-order valence-corrected chi connectivity index (χ0v) is 10.4. The molecule has 2 heterocycles. The van der Waals surface area contributed by atoms with Gasteiger partial charge in [0.05, 0.1) is 5.25 Å². The Bertz CT molecular complexity index is 559. The molecule has 0 spiro atoms. The second-order valence-corrected chi connectivity index (χ2v) is 4.70. The van der Waals surface area contributed by atoms with Crippen LogP contribution >= 0.6 is 24.0 Å². The summed E-state index contributed by atoms with van der Waals surface area (Å²) in [7, 11) is 0. The third kappa shape index (κ3) is 2.38. The molecule has 0 saturated heterocycles. The van der Waals surface area contributed by atoms with Crippen LogP contribution in [0.3, 0.4) is 0 Å². The number of aliphatic hydroxyl groups excluding tert-OH is 1. The quantitative estimate of drug-likeness (QED) is 0.745. The maximum absolute atomic E-state index is 11.4. The van der Waals surface area contributed by atoms with Crippen LogP contribution in [0.25, 0.3) is 0 Å². The van der Waals surface area contributed by atoms with Crippen molar-refractivity contribution in [3.63, 3.8) is 0 Å². The highest BCUT2D eigenvalue weighted by Crippen LogP contribution is 2.33. The summed E-state index contributed by atoms with van der Waals surface area (Å²) in [4.78, 5) is 11.4. The SMILES string of the molecule is O=c1cc(CO)oc([C@H](S)c2ccsc2)c1O. The van der Waals surface area contributed by atoms with Gasteiger partial charge in [0.15, 0.2) is 5.76 Å². The van der Waals surface area contributed by atoms with E-state index in [4.69, 9.17) is 9.52 Å². The summed E-state index contributed by atoms with van der Waals surface area (Å²) < 4.78 is 5.25. The highest BCUT2D eigenvalue weighted by Gasteiger charge is 2.20. The van der Waals surface area contributed by atoms with Gasteiger partial charge in [-0.25, -0.2) is 0 Å². The molecule has 0 fully saturated rings. The summed E-state index contributed by atoms with van der Waals surface area (Å²) in [5.41, 5.74) is 0.247. The maximum Gasteiger partial charge on any atom is 0.227 e. The number of hydrogen-bond acceptors (Lipinski definition) is 6. The molecule has 0 amide bonds. The molecular weight excluding hydrogens is 260 g/mol. The van der Waals surface area contributed by atoms with Crippen molar-refractivity contribution in [1.29, 1.82) is 0 Å². The number of thiophene rings is 1. The zero-order valence-electron chi connectivity index (χ0n) is 8.66. The molecule has 90 valence electrons. The van der Waals surface area contributed by atoms with Gasteiger partial charge in [0, 0.05) is 6.07 Å². The summed E-state index contributed by atoms with van der Waals surface area (Å²) in [5.74, 6) is -0.297. The first-order valence-electron chi connectivity index (χ1n) is 4.80. The van der Waals surface area contributed by atoms with Gasteiger partial charge in [0.25, 0.3) is 0 Å². The Morgan fingerprint density at radius 3 is 2.88 bits per heavy atom. The Morgan fingerprint density at radius 1 is 1.53 bits per heavy atom. The molecule has 0 unspecified atom stereocenters. The average molecular weight is 270 g/mol. The fourth-order valence-corrected chi connectivity index (χ4v) is 2.52. The van der Waals surface area contributed by atoms with Gasteiger partial charge in [-0.05, 0) is 22.4 Å². The van der Waals surface area contributed by atoms with Crippen LogP contribution < -0.4 is 5.43 Å². The van der Waals surface area contributed by atoms with Crippen LogP contribution in [0.1, 0.15) is 22.3 Å². The number of hydrogen-bond donors (Lipinski definition) is 3. The van der Waals surface area contributed by atoms with Crippen molar-refractivity contribution in [3.8, 4) is 5.75 Å². The lowest BCUT2D eigenvalue weighted by atomic mass is 10.1. The molecule has 1 atom stereocenters. The van der Waals surface area contributed by atoms with Gasteiger partial charge in [-0.15, -0.1) is 0 Å². The van der Waals surface area contributed by atoms with Gasteiger partial charge in [-0.3, -0.25) is 4.79 Å². The Labute approximate surface area is 107 Å². The van der Waals surface area contributed by atoms with Crippen LogP contribution in [0.5, 0.6) is 5.75 Å². The van der Waals surface area contributed by atoms with Crippen molar-refractivity contribution in [2.75, 3.05) is 0 Å².